The van der Waals surface area contributed by atoms with Gasteiger partial charge in [-0.05, 0) is 55.9 Å². The third-order valence-electron chi connectivity index (χ3n) is 5.43. The topological polar surface area (TPSA) is 68.5 Å². The predicted octanol–water partition coefficient (Wildman–Crippen LogP) is 3.83. The molecule has 0 spiro atoms. The average Bonchev–Trinajstić information content (AvgIpc) is 2.97. The molecular weight excluding hydrogens is 330 g/mol. The molecule has 5 heteroatoms. The van der Waals surface area contributed by atoms with E-state index < -0.39 is 5.97 Å². The normalized spacial score (nSPS) is 20.1. The van der Waals surface area contributed by atoms with E-state index in [9.17, 15) is 9.59 Å². The molecule has 1 saturated carbocycles. The van der Waals surface area contributed by atoms with Crippen molar-refractivity contribution in [2.75, 3.05) is 6.61 Å². The summed E-state index contributed by atoms with van der Waals surface area (Å²) in [6.07, 6.45) is 6.19. The van der Waals surface area contributed by atoms with Crippen molar-refractivity contribution >= 4 is 22.8 Å². The molecule has 2 aromatic rings. The molecule has 1 aromatic heterocycles. The maximum atomic E-state index is 12.1. The number of fused-ring (bicyclic) bond motifs is 1. The summed E-state index contributed by atoms with van der Waals surface area (Å²) >= 11 is 0. The van der Waals surface area contributed by atoms with Crippen LogP contribution in [-0.4, -0.2) is 24.5 Å². The summed E-state index contributed by atoms with van der Waals surface area (Å²) in [5, 5.41) is 3.91. The van der Waals surface area contributed by atoms with Gasteiger partial charge in [0.15, 0.2) is 6.61 Å². The molecule has 1 heterocycles. The van der Waals surface area contributed by atoms with Gasteiger partial charge in [-0.3, -0.25) is 9.59 Å². The fraction of sp³-hybridized carbons (Fsp3) is 0.524. The number of amides is 1. The number of carbonyl (C=O) groups is 2. The van der Waals surface area contributed by atoms with Crippen LogP contribution in [0.5, 0.6) is 0 Å². The van der Waals surface area contributed by atoms with Gasteiger partial charge in [-0.2, -0.15) is 0 Å². The van der Waals surface area contributed by atoms with E-state index in [2.05, 4.69) is 12.2 Å². The molecule has 1 fully saturated rings. The molecule has 0 radical (unpaired) electrons. The largest absolute Gasteiger partial charge is 0.464 e. The van der Waals surface area contributed by atoms with Crippen LogP contribution < -0.4 is 5.32 Å². The number of nitrogens with one attached hydrogen (secondary N) is 1. The Morgan fingerprint density at radius 1 is 1.19 bits per heavy atom. The molecule has 2 atom stereocenters. The average molecular weight is 357 g/mol. The molecule has 0 bridgehead atoms. The Morgan fingerprint density at radius 2 is 1.92 bits per heavy atom. The Balaban J connectivity index is 1.53. The number of hydrogen-bond donors (Lipinski definition) is 1. The molecular formula is C21H27NO4. The van der Waals surface area contributed by atoms with Gasteiger partial charge in [0, 0.05) is 17.0 Å². The van der Waals surface area contributed by atoms with E-state index in [1.54, 1.807) is 6.26 Å². The maximum absolute atomic E-state index is 12.1. The van der Waals surface area contributed by atoms with Crippen LogP contribution in [0.25, 0.3) is 11.0 Å². The third kappa shape index (κ3) is 4.26. The van der Waals surface area contributed by atoms with Crippen LogP contribution in [0.4, 0.5) is 0 Å². The zero-order valence-electron chi connectivity index (χ0n) is 15.8. The molecule has 1 amide bonds. The van der Waals surface area contributed by atoms with Crippen LogP contribution in [0.15, 0.2) is 22.8 Å². The Hall–Kier alpha value is -2.30. The van der Waals surface area contributed by atoms with Crippen LogP contribution in [0.3, 0.4) is 0 Å². The fourth-order valence-corrected chi connectivity index (χ4v) is 3.60. The first-order valence-corrected chi connectivity index (χ1v) is 9.36. The molecule has 140 valence electrons. The van der Waals surface area contributed by atoms with Gasteiger partial charge in [-0.15, -0.1) is 0 Å². The summed E-state index contributed by atoms with van der Waals surface area (Å²) in [6.45, 7) is 5.98. The molecule has 1 aliphatic carbocycles. The van der Waals surface area contributed by atoms with Gasteiger partial charge in [-0.1, -0.05) is 19.8 Å². The number of rotatable bonds is 5. The number of aryl methyl sites for hydroxylation is 2. The quantitative estimate of drug-likeness (QED) is 0.826. The minimum atomic E-state index is -0.419. The predicted molar refractivity (Wildman–Crippen MR) is 99.9 cm³/mol. The standard InChI is InChI=1S/C21H27NO4/c1-13-6-4-5-7-18(13)22-20(23)12-26-21(24)10-16-11-25-19-9-15(3)14(2)8-17(16)19/h8-9,11,13,18H,4-7,10,12H2,1-3H3,(H,22,23). The van der Waals surface area contributed by atoms with E-state index in [-0.39, 0.29) is 25.0 Å². The van der Waals surface area contributed by atoms with E-state index in [4.69, 9.17) is 9.15 Å². The maximum Gasteiger partial charge on any atom is 0.310 e. The number of benzene rings is 1. The highest BCUT2D eigenvalue weighted by Gasteiger charge is 2.23. The van der Waals surface area contributed by atoms with Crippen molar-refractivity contribution in [1.29, 1.82) is 0 Å². The number of esters is 1. The van der Waals surface area contributed by atoms with Crippen LogP contribution in [0, 0.1) is 19.8 Å². The summed E-state index contributed by atoms with van der Waals surface area (Å²) in [4.78, 5) is 24.2. The smallest absolute Gasteiger partial charge is 0.310 e. The van der Waals surface area contributed by atoms with Gasteiger partial charge in [0.25, 0.3) is 5.91 Å². The second-order valence-electron chi connectivity index (χ2n) is 7.47. The molecule has 3 rings (SSSR count). The number of carbonyl (C=O) groups excluding carboxylic acids is 2. The van der Waals surface area contributed by atoms with Gasteiger partial charge < -0.3 is 14.5 Å². The highest BCUT2D eigenvalue weighted by molar-refractivity contribution is 5.87. The second kappa shape index (κ2) is 7.94. The lowest BCUT2D eigenvalue weighted by molar-refractivity contribution is -0.148. The molecule has 26 heavy (non-hydrogen) atoms. The van der Waals surface area contributed by atoms with Crippen molar-refractivity contribution in [3.8, 4) is 0 Å². The monoisotopic (exact) mass is 357 g/mol. The number of hydrogen-bond acceptors (Lipinski definition) is 4. The highest BCUT2D eigenvalue weighted by Crippen LogP contribution is 2.25. The van der Waals surface area contributed by atoms with Crippen LogP contribution >= 0.6 is 0 Å². The second-order valence-corrected chi connectivity index (χ2v) is 7.47. The van der Waals surface area contributed by atoms with Crippen molar-refractivity contribution in [3.63, 3.8) is 0 Å². The molecule has 1 aliphatic rings. The Labute approximate surface area is 154 Å². The summed E-state index contributed by atoms with van der Waals surface area (Å²) in [5.41, 5.74) is 3.85. The Bertz CT molecular complexity index is 808. The first-order valence-electron chi connectivity index (χ1n) is 9.36. The fourth-order valence-electron chi connectivity index (χ4n) is 3.60. The first kappa shape index (κ1) is 18.5. The Kier molecular flexibility index (Phi) is 5.64. The van der Waals surface area contributed by atoms with Gasteiger partial charge >= 0.3 is 5.97 Å². The van der Waals surface area contributed by atoms with Gasteiger partial charge in [0.05, 0.1) is 12.7 Å². The first-order chi connectivity index (χ1) is 12.4. The lowest BCUT2D eigenvalue weighted by Crippen LogP contribution is -2.42. The summed E-state index contributed by atoms with van der Waals surface area (Å²) in [6, 6.07) is 4.19. The summed E-state index contributed by atoms with van der Waals surface area (Å²) in [7, 11) is 0. The third-order valence-corrected chi connectivity index (χ3v) is 5.43. The molecule has 5 nitrogen and oxygen atoms in total. The lowest BCUT2D eigenvalue weighted by atomic mass is 9.86. The minimum absolute atomic E-state index is 0.0998. The summed E-state index contributed by atoms with van der Waals surface area (Å²) in [5.74, 6) is -0.161. The molecule has 1 N–H and O–H groups in total. The molecule has 0 saturated heterocycles. The van der Waals surface area contributed by atoms with Crippen LogP contribution in [0.2, 0.25) is 0 Å². The van der Waals surface area contributed by atoms with E-state index in [1.165, 1.54) is 6.42 Å². The molecule has 2 unspecified atom stereocenters. The van der Waals surface area contributed by atoms with Crippen molar-refractivity contribution in [2.24, 2.45) is 5.92 Å². The number of furan rings is 1. The van der Waals surface area contributed by atoms with Gasteiger partial charge in [0.2, 0.25) is 0 Å². The Morgan fingerprint density at radius 3 is 2.69 bits per heavy atom. The van der Waals surface area contributed by atoms with Crippen molar-refractivity contribution in [3.05, 3.63) is 35.1 Å². The van der Waals surface area contributed by atoms with Crippen molar-refractivity contribution < 1.29 is 18.7 Å². The molecule has 1 aromatic carbocycles. The van der Waals surface area contributed by atoms with E-state index in [0.29, 0.717) is 5.92 Å². The van der Waals surface area contributed by atoms with Gasteiger partial charge in [0.1, 0.15) is 5.58 Å². The van der Waals surface area contributed by atoms with E-state index in [1.807, 2.05) is 26.0 Å². The van der Waals surface area contributed by atoms with Crippen molar-refractivity contribution in [1.82, 2.24) is 5.32 Å². The highest BCUT2D eigenvalue weighted by atomic mass is 16.5. The van der Waals surface area contributed by atoms with E-state index in [0.717, 1.165) is 46.9 Å². The summed E-state index contributed by atoms with van der Waals surface area (Å²) < 4.78 is 10.7. The van der Waals surface area contributed by atoms with Crippen LogP contribution in [0.1, 0.15) is 49.3 Å². The van der Waals surface area contributed by atoms with Crippen LogP contribution in [-0.2, 0) is 20.7 Å². The number of ether oxygens (including phenoxy) is 1. The SMILES string of the molecule is Cc1cc2occ(CC(=O)OCC(=O)NC3CCCCC3C)c2cc1C. The minimum Gasteiger partial charge on any atom is -0.464 e. The van der Waals surface area contributed by atoms with E-state index >= 15 is 0 Å². The molecule has 0 aliphatic heterocycles. The zero-order valence-corrected chi connectivity index (χ0v) is 15.8. The zero-order chi connectivity index (χ0) is 18.7. The van der Waals surface area contributed by atoms with Gasteiger partial charge in [-0.25, -0.2) is 0 Å². The van der Waals surface area contributed by atoms with Crippen molar-refractivity contribution in [2.45, 2.75) is 58.9 Å². The lowest BCUT2D eigenvalue weighted by Gasteiger charge is -2.29.